The van der Waals surface area contributed by atoms with E-state index in [0.717, 1.165) is 41.4 Å². The molecule has 3 atom stereocenters. The maximum absolute atomic E-state index is 6.68. The maximum atomic E-state index is 6.68. The number of hydrogen-bond acceptors (Lipinski definition) is 2. The first-order valence-electron chi connectivity index (χ1n) is 27.1. The molecule has 2 nitrogen and oxygen atoms in total. The lowest BCUT2D eigenvalue weighted by Crippen LogP contribution is -2.29. The van der Waals surface area contributed by atoms with Gasteiger partial charge in [0, 0.05) is 17.1 Å². The minimum atomic E-state index is -0.616. The molecular weight excluding hydrogens is 907 g/mol. The second kappa shape index (κ2) is 19.9. The summed E-state index contributed by atoms with van der Waals surface area (Å²) in [6.07, 6.45) is 4.64. The van der Waals surface area contributed by atoms with Crippen LogP contribution in [0.4, 0.5) is 17.1 Å². The number of anilines is 3. The fraction of sp³-hybridized carbons (Fsp3) is 0.178. The molecule has 2 aliphatic carbocycles. The third-order valence-electron chi connectivity index (χ3n) is 16.4. The number of rotatable bonds is 14. The lowest BCUT2D eigenvalue weighted by atomic mass is 9.67. The normalized spacial score (nSPS) is 15.2. The second-order valence-corrected chi connectivity index (χ2v) is 22.0. The van der Waals surface area contributed by atoms with E-state index in [1.54, 1.807) is 0 Å². The van der Waals surface area contributed by atoms with E-state index in [1.165, 1.54) is 96.3 Å². The van der Waals surface area contributed by atoms with Crippen molar-refractivity contribution in [1.29, 1.82) is 0 Å². The van der Waals surface area contributed by atoms with Gasteiger partial charge in [-0.25, -0.2) is 0 Å². The Kier molecular flexibility index (Phi) is 12.7. The molecule has 2 aliphatic rings. The van der Waals surface area contributed by atoms with Gasteiger partial charge in [-0.05, 0) is 187 Å². The van der Waals surface area contributed by atoms with Gasteiger partial charge in [0.15, 0.2) is 0 Å². The Bertz CT molecular complexity index is 3590. The highest BCUT2D eigenvalue weighted by Crippen LogP contribution is 2.58. The Morgan fingerprint density at radius 1 is 0.453 bits per heavy atom. The molecule has 10 aromatic rings. The van der Waals surface area contributed by atoms with Crippen molar-refractivity contribution in [2.24, 2.45) is 0 Å². The summed E-state index contributed by atoms with van der Waals surface area (Å²) in [4.78, 5) is 2.39. The van der Waals surface area contributed by atoms with Gasteiger partial charge in [-0.15, -0.1) is 0 Å². The van der Waals surface area contributed by atoms with Gasteiger partial charge in [-0.2, -0.15) is 0 Å². The lowest BCUT2D eigenvalue weighted by Gasteiger charge is -2.35. The Hall–Kier alpha value is -8.20. The van der Waals surface area contributed by atoms with Crippen molar-refractivity contribution in [1.82, 2.24) is 0 Å². The molecule has 0 radical (unpaired) electrons. The van der Waals surface area contributed by atoms with Crippen LogP contribution in [0, 0.1) is 0 Å². The molecule has 2 heteroatoms. The molecule has 0 bridgehead atoms. The Morgan fingerprint density at radius 3 is 1.61 bits per heavy atom. The number of para-hydroxylation sites is 1. The smallest absolute Gasteiger partial charge is 0.127 e. The topological polar surface area (TPSA) is 12.5 Å². The molecule has 0 spiro atoms. The van der Waals surface area contributed by atoms with Crippen molar-refractivity contribution in [2.45, 2.75) is 83.0 Å². The molecule has 10 aromatic carbocycles. The SMILES string of the molecule is CCC(CC(C)c1ccc(Oc2ccc(C3(c4ccc(C(C)(C)C)cc4)c4ccccc4-c4ccc(N(c5ccccc5)c5ccc(-c6ccccc6)cc5)cc43)cc2)cc1)c1ccc(-c2ccc3c(c2)CC3)cc1. The molecule has 368 valence electrons. The van der Waals surface area contributed by atoms with Gasteiger partial charge in [0.1, 0.15) is 11.5 Å². The van der Waals surface area contributed by atoms with Crippen molar-refractivity contribution >= 4 is 17.1 Å². The average Bonchev–Trinajstić information content (AvgIpc) is 3.75. The van der Waals surface area contributed by atoms with E-state index < -0.39 is 5.41 Å². The van der Waals surface area contributed by atoms with E-state index in [-0.39, 0.29) is 5.41 Å². The van der Waals surface area contributed by atoms with Gasteiger partial charge in [0.2, 0.25) is 0 Å². The summed E-state index contributed by atoms with van der Waals surface area (Å²) in [7, 11) is 0. The standard InChI is InChI=1S/C73H65NO/c1-6-51(54-21-23-56(24-22-54)58-27-25-57-26-28-59(57)48-58)47-50(2)52-31-42-66(43-32-52)75-67-44-37-62(38-45-67)73(61-35-33-60(34-36-61)72(3,4)5)70-20-14-13-19-68(70)69-46-41-65(49-71(69)73)74(63-17-11-8-12-18-63)64-39-29-55(30-40-64)53-15-9-7-10-16-53/h7-25,27,29-46,48-51H,6,26,28,47H2,1-5H3. The minimum absolute atomic E-state index is 0.0139. The van der Waals surface area contributed by atoms with Crippen LogP contribution in [-0.2, 0) is 23.7 Å². The number of nitrogens with zero attached hydrogens (tertiary/aromatic N) is 1. The number of aryl methyl sites for hydroxylation is 2. The zero-order valence-corrected chi connectivity index (χ0v) is 43.9. The van der Waals surface area contributed by atoms with E-state index in [0.29, 0.717) is 11.8 Å². The number of benzene rings is 10. The van der Waals surface area contributed by atoms with E-state index in [9.17, 15) is 0 Å². The van der Waals surface area contributed by atoms with Crippen LogP contribution in [0.25, 0.3) is 33.4 Å². The molecule has 75 heavy (non-hydrogen) atoms. The van der Waals surface area contributed by atoms with Crippen molar-refractivity contribution in [2.75, 3.05) is 4.90 Å². The lowest BCUT2D eigenvalue weighted by molar-refractivity contribution is 0.481. The summed E-state index contributed by atoms with van der Waals surface area (Å²) < 4.78 is 6.68. The number of fused-ring (bicyclic) bond motifs is 4. The molecule has 3 unspecified atom stereocenters. The fourth-order valence-electron chi connectivity index (χ4n) is 12.1. The van der Waals surface area contributed by atoms with Crippen LogP contribution in [0.2, 0.25) is 0 Å². The molecule has 0 saturated carbocycles. The van der Waals surface area contributed by atoms with Gasteiger partial charge in [-0.1, -0.05) is 217 Å². The van der Waals surface area contributed by atoms with Gasteiger partial charge in [0.25, 0.3) is 0 Å². The summed E-state index contributed by atoms with van der Waals surface area (Å²) in [6.45, 7) is 11.6. The molecule has 0 aromatic heterocycles. The quantitative estimate of drug-likeness (QED) is 0.108. The predicted molar refractivity (Wildman–Crippen MR) is 314 cm³/mol. The highest BCUT2D eigenvalue weighted by atomic mass is 16.5. The predicted octanol–water partition coefficient (Wildman–Crippen LogP) is 19.7. The molecule has 12 rings (SSSR count). The molecule has 0 fully saturated rings. The Morgan fingerprint density at radius 2 is 0.973 bits per heavy atom. The van der Waals surface area contributed by atoms with Gasteiger partial charge in [0.05, 0.1) is 5.41 Å². The van der Waals surface area contributed by atoms with Crippen LogP contribution < -0.4 is 9.64 Å². The van der Waals surface area contributed by atoms with Crippen LogP contribution in [0.15, 0.2) is 243 Å². The average molecular weight is 972 g/mol. The van der Waals surface area contributed by atoms with E-state index >= 15 is 0 Å². The summed E-state index contributed by atoms with van der Waals surface area (Å²) in [5, 5.41) is 0. The van der Waals surface area contributed by atoms with Crippen LogP contribution in [0.3, 0.4) is 0 Å². The van der Waals surface area contributed by atoms with Crippen LogP contribution in [0.5, 0.6) is 11.5 Å². The first kappa shape index (κ1) is 47.8. The summed E-state index contributed by atoms with van der Waals surface area (Å²) >= 11 is 0. The van der Waals surface area contributed by atoms with Gasteiger partial charge in [-0.3, -0.25) is 0 Å². The molecule has 0 amide bonds. The van der Waals surface area contributed by atoms with Gasteiger partial charge < -0.3 is 9.64 Å². The van der Waals surface area contributed by atoms with Crippen LogP contribution >= 0.6 is 0 Å². The third-order valence-corrected chi connectivity index (χ3v) is 16.4. The monoisotopic (exact) mass is 972 g/mol. The zero-order valence-electron chi connectivity index (χ0n) is 43.9. The Balaban J connectivity index is 0.857. The molecular formula is C73H65NO. The highest BCUT2D eigenvalue weighted by molar-refractivity contribution is 5.90. The van der Waals surface area contributed by atoms with Crippen molar-refractivity contribution in [3.05, 3.63) is 293 Å². The van der Waals surface area contributed by atoms with Crippen molar-refractivity contribution in [3.63, 3.8) is 0 Å². The van der Waals surface area contributed by atoms with Gasteiger partial charge >= 0.3 is 0 Å². The Labute approximate surface area is 445 Å². The summed E-state index contributed by atoms with van der Waals surface area (Å²) in [5.74, 6) is 2.54. The second-order valence-electron chi connectivity index (χ2n) is 22.0. The van der Waals surface area contributed by atoms with Crippen molar-refractivity contribution in [3.8, 4) is 44.9 Å². The van der Waals surface area contributed by atoms with E-state index in [4.69, 9.17) is 4.74 Å². The van der Waals surface area contributed by atoms with Crippen LogP contribution in [-0.4, -0.2) is 0 Å². The van der Waals surface area contributed by atoms with E-state index in [1.807, 2.05) is 0 Å². The zero-order chi connectivity index (χ0) is 51.1. The minimum Gasteiger partial charge on any atom is -0.457 e. The number of ether oxygens (including phenoxy) is 1. The highest BCUT2D eigenvalue weighted by Gasteiger charge is 2.46. The third kappa shape index (κ3) is 9.07. The maximum Gasteiger partial charge on any atom is 0.127 e. The van der Waals surface area contributed by atoms with Crippen LogP contribution in [0.1, 0.15) is 109 Å². The number of hydrogen-bond donors (Lipinski definition) is 0. The van der Waals surface area contributed by atoms with Crippen molar-refractivity contribution < 1.29 is 4.74 Å². The molecule has 0 saturated heterocycles. The molecule has 0 aliphatic heterocycles. The first-order valence-corrected chi connectivity index (χ1v) is 27.1. The summed E-state index contributed by atoms with van der Waals surface area (Å²) in [5.41, 5.74) is 22.3. The fourth-order valence-corrected chi connectivity index (χ4v) is 12.1. The van der Waals surface area contributed by atoms with E-state index in [2.05, 4.69) is 282 Å². The largest absolute Gasteiger partial charge is 0.457 e. The summed E-state index contributed by atoms with van der Waals surface area (Å²) in [6, 6.07) is 89.9. The molecule has 0 N–H and O–H groups in total. The molecule has 0 heterocycles. The first-order chi connectivity index (χ1) is 36.6.